The number of anilines is 1. The highest BCUT2D eigenvalue weighted by Gasteiger charge is 2.27. The molecule has 20 heavy (non-hydrogen) atoms. The van der Waals surface area contributed by atoms with Crippen LogP contribution in [0.25, 0.3) is 0 Å². The molecule has 1 aromatic rings. The van der Waals surface area contributed by atoms with Gasteiger partial charge in [-0.3, -0.25) is 0 Å². The molecule has 0 bridgehead atoms. The quantitative estimate of drug-likeness (QED) is 0.577. The maximum absolute atomic E-state index is 12.1. The second-order valence-corrected chi connectivity index (χ2v) is 7.11. The van der Waals surface area contributed by atoms with Crippen molar-refractivity contribution in [1.29, 1.82) is 0 Å². The van der Waals surface area contributed by atoms with Crippen LogP contribution in [0.2, 0.25) is 0 Å². The molecule has 1 saturated heterocycles. The summed E-state index contributed by atoms with van der Waals surface area (Å²) in [7, 11) is -3.15. The van der Waals surface area contributed by atoms with Crippen molar-refractivity contribution in [3.63, 3.8) is 0 Å². The monoisotopic (exact) mass is 318 g/mol. The molecule has 6 nitrogen and oxygen atoms in total. The van der Waals surface area contributed by atoms with Crippen LogP contribution in [-0.2, 0) is 10.0 Å². The van der Waals surface area contributed by atoms with E-state index in [1.54, 1.807) is 22.8 Å². The molecule has 0 aliphatic carbocycles. The number of nitrogens with zero attached hydrogens (tertiary/aromatic N) is 4. The number of unbranched alkanes of at least 4 members (excludes halogenated alkanes) is 1. The molecular weight excluding hydrogens is 300 g/mol. The largest absolute Gasteiger partial charge is 0.338 e. The van der Waals surface area contributed by atoms with Gasteiger partial charge in [0.1, 0.15) is 0 Å². The van der Waals surface area contributed by atoms with Crippen molar-refractivity contribution in [3.8, 4) is 0 Å². The van der Waals surface area contributed by atoms with Gasteiger partial charge in [0, 0.05) is 44.5 Å². The number of halogens is 1. The van der Waals surface area contributed by atoms with Gasteiger partial charge in [-0.2, -0.15) is 4.31 Å². The molecule has 1 aromatic heterocycles. The predicted octanol–water partition coefficient (Wildman–Crippen LogP) is 0.947. The highest BCUT2D eigenvalue weighted by molar-refractivity contribution is 7.89. The SMILES string of the molecule is O=S(=O)(CCCCCl)N1CCN(c2ncccn2)CC1. The average Bonchev–Trinajstić information content (AvgIpc) is 2.48. The normalized spacial score (nSPS) is 17.4. The zero-order valence-electron chi connectivity index (χ0n) is 11.3. The lowest BCUT2D eigenvalue weighted by Gasteiger charge is -2.33. The van der Waals surface area contributed by atoms with Gasteiger partial charge in [0.15, 0.2) is 0 Å². The summed E-state index contributed by atoms with van der Waals surface area (Å²) < 4.78 is 25.8. The van der Waals surface area contributed by atoms with Crippen molar-refractivity contribution >= 4 is 27.6 Å². The van der Waals surface area contributed by atoms with Gasteiger partial charge in [-0.25, -0.2) is 18.4 Å². The van der Waals surface area contributed by atoms with E-state index in [-0.39, 0.29) is 5.75 Å². The Morgan fingerprint density at radius 3 is 2.35 bits per heavy atom. The molecule has 1 aliphatic rings. The molecule has 1 fully saturated rings. The van der Waals surface area contributed by atoms with Gasteiger partial charge in [-0.15, -0.1) is 11.6 Å². The zero-order chi connectivity index (χ0) is 14.4. The second-order valence-electron chi connectivity index (χ2n) is 4.65. The molecule has 2 heterocycles. The third-order valence-electron chi connectivity index (χ3n) is 3.25. The van der Waals surface area contributed by atoms with Crippen molar-refractivity contribution in [1.82, 2.24) is 14.3 Å². The Balaban J connectivity index is 1.88. The molecule has 0 saturated carbocycles. The Labute approximate surface area is 124 Å². The molecular formula is C12H19ClN4O2S. The van der Waals surface area contributed by atoms with Crippen molar-refractivity contribution in [3.05, 3.63) is 18.5 Å². The van der Waals surface area contributed by atoms with Gasteiger partial charge >= 0.3 is 0 Å². The lowest BCUT2D eigenvalue weighted by Crippen LogP contribution is -2.49. The van der Waals surface area contributed by atoms with Gasteiger partial charge < -0.3 is 4.90 Å². The fourth-order valence-electron chi connectivity index (χ4n) is 2.13. The molecule has 0 radical (unpaired) electrons. The minimum Gasteiger partial charge on any atom is -0.338 e. The molecule has 0 aromatic carbocycles. The number of alkyl halides is 1. The standard InChI is InChI=1S/C12H19ClN4O2S/c13-4-1-2-11-20(18,19)17-9-7-16(8-10-17)12-14-5-3-6-15-12/h3,5-6H,1-2,4,7-11H2. The molecule has 0 atom stereocenters. The first-order valence-corrected chi connectivity index (χ1v) is 8.83. The number of hydrogen-bond acceptors (Lipinski definition) is 5. The van der Waals surface area contributed by atoms with Gasteiger partial charge in [0.05, 0.1) is 5.75 Å². The van der Waals surface area contributed by atoms with E-state index < -0.39 is 10.0 Å². The van der Waals surface area contributed by atoms with Gasteiger partial charge in [-0.05, 0) is 18.9 Å². The van der Waals surface area contributed by atoms with Crippen molar-refractivity contribution < 1.29 is 8.42 Å². The minimum absolute atomic E-state index is 0.182. The topological polar surface area (TPSA) is 66.4 Å². The summed E-state index contributed by atoms with van der Waals surface area (Å²) in [5.74, 6) is 1.35. The fourth-order valence-corrected chi connectivity index (χ4v) is 3.86. The lowest BCUT2D eigenvalue weighted by atomic mass is 10.4. The van der Waals surface area contributed by atoms with Crippen LogP contribution in [0.3, 0.4) is 0 Å². The minimum atomic E-state index is -3.15. The third kappa shape index (κ3) is 4.04. The van der Waals surface area contributed by atoms with Crippen LogP contribution >= 0.6 is 11.6 Å². The first-order chi connectivity index (χ1) is 9.63. The summed E-state index contributed by atoms with van der Waals surface area (Å²) in [5, 5.41) is 0. The molecule has 0 unspecified atom stereocenters. The molecule has 0 amide bonds. The Kier molecular flexibility index (Phi) is 5.56. The number of hydrogen-bond donors (Lipinski definition) is 0. The molecule has 1 aliphatic heterocycles. The summed E-state index contributed by atoms with van der Waals surface area (Å²) in [4.78, 5) is 10.4. The number of aromatic nitrogens is 2. The molecule has 0 spiro atoms. The smallest absolute Gasteiger partial charge is 0.225 e. The lowest BCUT2D eigenvalue weighted by molar-refractivity contribution is 0.382. The first kappa shape index (κ1) is 15.5. The number of sulfonamides is 1. The van der Waals surface area contributed by atoms with E-state index in [9.17, 15) is 8.42 Å². The van der Waals surface area contributed by atoms with Gasteiger partial charge in [0.25, 0.3) is 0 Å². The molecule has 0 N–H and O–H groups in total. The van der Waals surface area contributed by atoms with Crippen molar-refractivity contribution in [2.75, 3.05) is 42.7 Å². The second kappa shape index (κ2) is 7.19. The summed E-state index contributed by atoms with van der Waals surface area (Å²) in [6.07, 6.45) is 4.74. The van der Waals surface area contributed by atoms with Gasteiger partial charge in [-0.1, -0.05) is 0 Å². The van der Waals surface area contributed by atoms with Crippen LogP contribution in [-0.4, -0.2) is 60.5 Å². The highest BCUT2D eigenvalue weighted by Crippen LogP contribution is 2.13. The number of rotatable bonds is 6. The maximum Gasteiger partial charge on any atom is 0.225 e. The van der Waals surface area contributed by atoms with E-state index >= 15 is 0 Å². The van der Waals surface area contributed by atoms with Crippen molar-refractivity contribution in [2.24, 2.45) is 0 Å². The number of piperazine rings is 1. The highest BCUT2D eigenvalue weighted by atomic mass is 35.5. The van der Waals surface area contributed by atoms with Crippen LogP contribution in [0.5, 0.6) is 0 Å². The third-order valence-corrected chi connectivity index (χ3v) is 5.48. The molecule has 112 valence electrons. The van der Waals surface area contributed by atoms with Crippen LogP contribution in [0, 0.1) is 0 Å². The summed E-state index contributed by atoms with van der Waals surface area (Å²) in [6.45, 7) is 2.22. The molecule has 8 heteroatoms. The van der Waals surface area contributed by atoms with E-state index in [4.69, 9.17) is 11.6 Å². The summed E-state index contributed by atoms with van der Waals surface area (Å²) >= 11 is 5.57. The van der Waals surface area contributed by atoms with Crippen LogP contribution in [0.15, 0.2) is 18.5 Å². The first-order valence-electron chi connectivity index (χ1n) is 6.69. The van der Waals surface area contributed by atoms with Crippen LogP contribution in [0.1, 0.15) is 12.8 Å². The Morgan fingerprint density at radius 1 is 1.10 bits per heavy atom. The Morgan fingerprint density at radius 2 is 1.75 bits per heavy atom. The Bertz CT molecular complexity index is 503. The van der Waals surface area contributed by atoms with E-state index in [1.165, 1.54) is 0 Å². The van der Waals surface area contributed by atoms with Crippen molar-refractivity contribution in [2.45, 2.75) is 12.8 Å². The molecule has 2 rings (SSSR count). The maximum atomic E-state index is 12.1. The average molecular weight is 319 g/mol. The van der Waals surface area contributed by atoms with Gasteiger partial charge in [0.2, 0.25) is 16.0 Å². The summed E-state index contributed by atoms with van der Waals surface area (Å²) in [5.41, 5.74) is 0. The zero-order valence-corrected chi connectivity index (χ0v) is 12.9. The Hall–Kier alpha value is -0.920. The van der Waals surface area contributed by atoms with E-state index in [2.05, 4.69) is 9.97 Å². The van der Waals surface area contributed by atoms with Crippen LogP contribution < -0.4 is 4.90 Å². The predicted molar refractivity (Wildman–Crippen MR) is 79.6 cm³/mol. The van der Waals surface area contributed by atoms with E-state index in [1.807, 2.05) is 4.90 Å². The van der Waals surface area contributed by atoms with Crippen LogP contribution in [0.4, 0.5) is 5.95 Å². The fraction of sp³-hybridized carbons (Fsp3) is 0.667. The van der Waals surface area contributed by atoms with E-state index in [0.717, 1.165) is 6.42 Å². The summed E-state index contributed by atoms with van der Waals surface area (Å²) in [6, 6.07) is 1.76. The van der Waals surface area contributed by atoms with E-state index in [0.29, 0.717) is 44.4 Å².